The van der Waals surface area contributed by atoms with E-state index in [1.165, 1.54) is 5.56 Å². The molecule has 0 aliphatic heterocycles. The number of benzene rings is 2. The van der Waals surface area contributed by atoms with Crippen LogP contribution < -0.4 is 21.1 Å². The lowest BCUT2D eigenvalue weighted by Crippen LogP contribution is -2.99. The number of nitrogens with two attached hydrogens (primary N) is 2. The highest BCUT2D eigenvalue weighted by Crippen LogP contribution is 2.15. The van der Waals surface area contributed by atoms with E-state index < -0.39 is 12.0 Å². The first-order valence-corrected chi connectivity index (χ1v) is 8.87. The third-order valence-corrected chi connectivity index (χ3v) is 4.10. The number of hydrogen-bond donors (Lipinski definition) is 3. The van der Waals surface area contributed by atoms with Crippen molar-refractivity contribution in [1.82, 2.24) is 0 Å². The molecule has 0 aliphatic carbocycles. The molecule has 0 fully saturated rings. The van der Waals surface area contributed by atoms with Gasteiger partial charge in [0.25, 0.3) is 0 Å². The average molecular weight is 377 g/mol. The van der Waals surface area contributed by atoms with Gasteiger partial charge in [0.15, 0.2) is 0 Å². The molecule has 7 heteroatoms. The van der Waals surface area contributed by atoms with Gasteiger partial charge in [-0.25, -0.2) is 0 Å². The molecule has 0 saturated heterocycles. The Kier molecular flexibility index (Phi) is 8.08. The van der Waals surface area contributed by atoms with Crippen LogP contribution >= 0.6 is 11.6 Å². The molecule has 2 aromatic rings. The Balaban J connectivity index is 1.72. The first kappa shape index (κ1) is 19.9. The number of nitrogens with one attached hydrogen (secondary N) is 1. The highest BCUT2D eigenvalue weighted by Gasteiger charge is 2.18. The predicted octanol–water partition coefficient (Wildman–Crippen LogP) is -0.886. The second-order valence-electron chi connectivity index (χ2n) is 5.98. The van der Waals surface area contributed by atoms with Crippen LogP contribution in [0.2, 0.25) is 5.02 Å². The van der Waals surface area contributed by atoms with Gasteiger partial charge in [-0.3, -0.25) is 4.79 Å². The molecule has 0 aliphatic rings. The molecule has 0 radical (unpaired) electrons. The van der Waals surface area contributed by atoms with Gasteiger partial charge in [0.2, 0.25) is 5.91 Å². The fraction of sp³-hybridized carbons (Fsp3) is 0.263. The number of carbonyl (C=O) groups excluding carboxylic acids is 2. The van der Waals surface area contributed by atoms with E-state index in [1.54, 1.807) is 29.6 Å². The zero-order valence-corrected chi connectivity index (χ0v) is 15.1. The van der Waals surface area contributed by atoms with E-state index in [4.69, 9.17) is 11.6 Å². The molecule has 5 N–H and O–H groups in total. The summed E-state index contributed by atoms with van der Waals surface area (Å²) < 4.78 is 0. The van der Waals surface area contributed by atoms with E-state index in [2.05, 4.69) is 10.6 Å². The van der Waals surface area contributed by atoms with Crippen molar-refractivity contribution in [2.24, 2.45) is 0 Å². The maximum atomic E-state index is 12.0. The van der Waals surface area contributed by atoms with Crippen LogP contribution in [-0.2, 0) is 16.1 Å². The summed E-state index contributed by atoms with van der Waals surface area (Å²) in [5.74, 6) is -1.62. The van der Waals surface area contributed by atoms with Gasteiger partial charge >= 0.3 is 0 Å². The van der Waals surface area contributed by atoms with Crippen molar-refractivity contribution in [3.63, 3.8) is 0 Å². The summed E-state index contributed by atoms with van der Waals surface area (Å²) in [7, 11) is 0. The number of aliphatic carboxylic acids is 1. The molecule has 1 amide bonds. The van der Waals surface area contributed by atoms with Crippen molar-refractivity contribution >= 4 is 29.2 Å². The molecule has 0 aromatic heterocycles. The van der Waals surface area contributed by atoms with Gasteiger partial charge in [0, 0.05) is 16.3 Å². The topological polar surface area (TPSA) is 102 Å². The summed E-state index contributed by atoms with van der Waals surface area (Å²) in [5, 5.41) is 18.2. The van der Waals surface area contributed by atoms with Gasteiger partial charge < -0.3 is 25.9 Å². The number of carbonyl (C=O) groups is 2. The first-order chi connectivity index (χ1) is 12.5. The summed E-state index contributed by atoms with van der Waals surface area (Å²) in [6.07, 6.45) is -0.159. The molecule has 0 spiro atoms. The zero-order valence-electron chi connectivity index (χ0n) is 14.4. The van der Waals surface area contributed by atoms with E-state index in [0.29, 0.717) is 17.3 Å². The van der Waals surface area contributed by atoms with Crippen LogP contribution in [0.5, 0.6) is 0 Å². The van der Waals surface area contributed by atoms with Crippen molar-refractivity contribution in [2.45, 2.75) is 19.0 Å². The van der Waals surface area contributed by atoms with Crippen LogP contribution in [0.3, 0.4) is 0 Å². The summed E-state index contributed by atoms with van der Waals surface area (Å²) in [6.45, 7) is 2.16. The number of amides is 1. The molecule has 2 aromatic carbocycles. The summed E-state index contributed by atoms with van der Waals surface area (Å²) in [6, 6.07) is 15.8. The first-order valence-electron chi connectivity index (χ1n) is 8.50. The molecular weight excluding hydrogens is 354 g/mol. The van der Waals surface area contributed by atoms with Gasteiger partial charge in [-0.1, -0.05) is 48.0 Å². The predicted molar refractivity (Wildman–Crippen MR) is 97.2 cm³/mol. The molecule has 0 heterocycles. The lowest BCUT2D eigenvalue weighted by molar-refractivity contribution is -0.742. The molecule has 138 valence electrons. The number of carboxylic acids is 1. The minimum absolute atomic E-state index is 0.159. The van der Waals surface area contributed by atoms with E-state index in [1.807, 2.05) is 30.3 Å². The van der Waals surface area contributed by atoms with Crippen LogP contribution in [0.25, 0.3) is 0 Å². The lowest BCUT2D eigenvalue weighted by atomic mass is 10.2. The van der Waals surface area contributed by atoms with Crippen molar-refractivity contribution < 1.29 is 25.3 Å². The van der Waals surface area contributed by atoms with Crippen LogP contribution in [0.15, 0.2) is 54.6 Å². The minimum Gasteiger partial charge on any atom is -0.544 e. The number of anilines is 1. The molecule has 2 rings (SSSR count). The largest absolute Gasteiger partial charge is 0.544 e. The zero-order chi connectivity index (χ0) is 18.8. The smallest absolute Gasteiger partial charge is 0.230 e. The molecule has 6 nitrogen and oxygen atoms in total. The van der Waals surface area contributed by atoms with Crippen molar-refractivity contribution in [2.75, 3.05) is 18.4 Å². The molecule has 26 heavy (non-hydrogen) atoms. The van der Waals surface area contributed by atoms with Crippen LogP contribution in [-0.4, -0.2) is 31.0 Å². The number of hydrogen-bond acceptors (Lipinski definition) is 3. The Morgan fingerprint density at radius 3 is 2.54 bits per heavy atom. The highest BCUT2D eigenvalue weighted by molar-refractivity contribution is 6.30. The second kappa shape index (κ2) is 10.6. The quantitative estimate of drug-likeness (QED) is 0.469. The summed E-state index contributed by atoms with van der Waals surface area (Å²) in [4.78, 5) is 23.3. The normalized spacial score (nSPS) is 11.7. The summed E-state index contributed by atoms with van der Waals surface area (Å²) >= 11 is 5.86. The van der Waals surface area contributed by atoms with Crippen molar-refractivity contribution in [3.05, 3.63) is 65.2 Å². The summed E-state index contributed by atoms with van der Waals surface area (Å²) in [5.41, 5.74) is 1.75. The minimum atomic E-state index is -1.24. The fourth-order valence-electron chi connectivity index (χ4n) is 2.54. The number of carboxylic acid groups (broad SMARTS) is 1. The SMILES string of the molecule is O=C(C[C@H]([NH2+]CC[NH2+]Cc1ccccc1)C(=O)[O-])Nc1cccc(Cl)c1. The standard InChI is InChI=1S/C19H22ClN3O3/c20-15-7-4-8-16(11-15)23-18(24)12-17(19(25)26)22-10-9-21-13-14-5-2-1-3-6-14/h1-8,11,17,21-22H,9-10,12-13H2,(H,23,24)(H,25,26)/p+1/t17-/m0/s1. The molecule has 0 bridgehead atoms. The van der Waals surface area contributed by atoms with Crippen LogP contribution in [0, 0.1) is 0 Å². The Morgan fingerprint density at radius 2 is 1.85 bits per heavy atom. The highest BCUT2D eigenvalue weighted by atomic mass is 35.5. The second-order valence-corrected chi connectivity index (χ2v) is 6.42. The monoisotopic (exact) mass is 376 g/mol. The lowest BCUT2D eigenvalue weighted by Gasteiger charge is -2.16. The molecule has 1 atom stereocenters. The Hall–Kier alpha value is -2.41. The van der Waals surface area contributed by atoms with E-state index in [0.717, 1.165) is 13.1 Å². The van der Waals surface area contributed by atoms with Crippen molar-refractivity contribution in [3.8, 4) is 0 Å². The van der Waals surface area contributed by atoms with Gasteiger partial charge in [-0.05, 0) is 18.2 Å². The van der Waals surface area contributed by atoms with E-state index in [-0.39, 0.29) is 12.3 Å². The van der Waals surface area contributed by atoms with Gasteiger partial charge in [0.1, 0.15) is 25.7 Å². The fourth-order valence-corrected chi connectivity index (χ4v) is 2.73. The van der Waals surface area contributed by atoms with Crippen molar-refractivity contribution in [1.29, 1.82) is 0 Å². The average Bonchev–Trinajstić information content (AvgIpc) is 2.61. The molecular formula is C19H23ClN3O3+. The maximum Gasteiger partial charge on any atom is 0.230 e. The Morgan fingerprint density at radius 1 is 1.08 bits per heavy atom. The number of rotatable bonds is 10. The third-order valence-electron chi connectivity index (χ3n) is 3.86. The Bertz CT molecular complexity index is 725. The molecule has 0 saturated carbocycles. The van der Waals surface area contributed by atoms with Gasteiger partial charge in [0.05, 0.1) is 12.4 Å². The maximum absolute atomic E-state index is 12.0. The van der Waals surface area contributed by atoms with Crippen LogP contribution in [0.1, 0.15) is 12.0 Å². The number of halogens is 1. The van der Waals surface area contributed by atoms with Crippen LogP contribution in [0.4, 0.5) is 5.69 Å². The number of quaternary nitrogens is 2. The molecule has 0 unspecified atom stereocenters. The van der Waals surface area contributed by atoms with E-state index in [9.17, 15) is 14.7 Å². The van der Waals surface area contributed by atoms with E-state index >= 15 is 0 Å². The van der Waals surface area contributed by atoms with Gasteiger partial charge in [-0.2, -0.15) is 0 Å². The van der Waals surface area contributed by atoms with Gasteiger partial charge in [-0.15, -0.1) is 0 Å². The third kappa shape index (κ3) is 7.23. The Labute approximate surface area is 157 Å².